The molecule has 2 aliphatic heterocycles. The molecule has 7 heteroatoms. The Hall–Kier alpha value is -3.84. The lowest BCUT2D eigenvalue weighted by molar-refractivity contribution is -0.183. The summed E-state index contributed by atoms with van der Waals surface area (Å²) in [4.78, 5) is 28.2. The number of carbonyl (C=O) groups is 2. The van der Waals surface area contributed by atoms with Gasteiger partial charge in [0.25, 0.3) is 0 Å². The molecule has 1 saturated carbocycles. The monoisotopic (exact) mass is 538 g/mol. The Kier molecular flexibility index (Phi) is 4.73. The molecule has 2 heterocycles. The molecule has 7 nitrogen and oxygen atoms in total. The van der Waals surface area contributed by atoms with Crippen LogP contribution in [0.5, 0.6) is 11.5 Å². The summed E-state index contributed by atoms with van der Waals surface area (Å²) >= 11 is 0. The van der Waals surface area contributed by atoms with E-state index in [4.69, 9.17) is 23.7 Å². The third-order valence-corrected chi connectivity index (χ3v) is 10.6. The number of hydrogen-bond acceptors (Lipinski definition) is 7. The average Bonchev–Trinajstić information content (AvgIpc) is 3.74. The van der Waals surface area contributed by atoms with Crippen molar-refractivity contribution < 1.29 is 33.3 Å². The molecule has 3 aromatic rings. The minimum atomic E-state index is -1.36. The Morgan fingerprint density at radius 3 is 1.93 bits per heavy atom. The molecule has 4 bridgehead atoms. The Labute approximate surface area is 232 Å². The maximum absolute atomic E-state index is 14.2. The van der Waals surface area contributed by atoms with E-state index in [2.05, 4.69) is 6.08 Å². The highest BCUT2D eigenvalue weighted by atomic mass is 16.6. The summed E-state index contributed by atoms with van der Waals surface area (Å²) in [6, 6.07) is 16.1. The molecular formula is C33H30O7. The fourth-order valence-electron chi connectivity index (χ4n) is 9.64. The van der Waals surface area contributed by atoms with Crippen molar-refractivity contribution in [3.8, 4) is 11.5 Å². The predicted molar refractivity (Wildman–Crippen MR) is 146 cm³/mol. The minimum Gasteiger partial charge on any atom is -0.496 e. The van der Waals surface area contributed by atoms with Crippen LogP contribution in [-0.4, -0.2) is 51.6 Å². The van der Waals surface area contributed by atoms with E-state index in [1.165, 1.54) is 14.2 Å². The first-order chi connectivity index (χ1) is 19.5. The van der Waals surface area contributed by atoms with Crippen molar-refractivity contribution in [1.29, 1.82) is 0 Å². The molecule has 204 valence electrons. The number of esters is 2. The summed E-state index contributed by atoms with van der Waals surface area (Å²) in [5.74, 6) is -0.842. The molecule has 3 aromatic carbocycles. The number of methoxy groups -OCH3 is 4. The first kappa shape index (κ1) is 24.0. The van der Waals surface area contributed by atoms with E-state index in [-0.39, 0.29) is 29.6 Å². The van der Waals surface area contributed by atoms with Gasteiger partial charge in [0.15, 0.2) is 11.2 Å². The number of carbonyl (C=O) groups excluding carboxylic acids is 2. The Morgan fingerprint density at radius 2 is 1.32 bits per heavy atom. The zero-order chi connectivity index (χ0) is 27.6. The third kappa shape index (κ3) is 2.40. The normalized spacial score (nSPS) is 35.1. The largest absolute Gasteiger partial charge is 0.496 e. The number of benzene rings is 3. The van der Waals surface area contributed by atoms with Crippen molar-refractivity contribution >= 4 is 28.8 Å². The number of hydrogen-bond donors (Lipinski definition) is 0. The van der Waals surface area contributed by atoms with Gasteiger partial charge in [-0.3, -0.25) is 0 Å². The van der Waals surface area contributed by atoms with E-state index in [9.17, 15) is 9.59 Å². The van der Waals surface area contributed by atoms with E-state index >= 15 is 0 Å². The van der Waals surface area contributed by atoms with Gasteiger partial charge in [0, 0.05) is 45.6 Å². The van der Waals surface area contributed by atoms with E-state index in [0.29, 0.717) is 0 Å². The van der Waals surface area contributed by atoms with Gasteiger partial charge in [0.2, 0.25) is 0 Å². The van der Waals surface area contributed by atoms with Crippen LogP contribution in [-0.2, 0) is 23.8 Å². The van der Waals surface area contributed by atoms with Crippen LogP contribution in [0.2, 0.25) is 0 Å². The lowest BCUT2D eigenvalue weighted by Crippen LogP contribution is -2.58. The average molecular weight is 539 g/mol. The SMILES string of the molecule is COC(=O)[C@]12O[C@@](C(=O)OC)([C@@H]3[C@H]1[C@@H]1C[C@H]3c3c1c(OC)c1ccccc1c3OC)[C@H]1c3ccccc3C=C[C@H]12. The van der Waals surface area contributed by atoms with Gasteiger partial charge in [0.1, 0.15) is 11.5 Å². The highest BCUT2D eigenvalue weighted by Crippen LogP contribution is 2.80. The van der Waals surface area contributed by atoms with Gasteiger partial charge in [0.05, 0.1) is 28.4 Å². The molecule has 8 rings (SSSR count). The van der Waals surface area contributed by atoms with Crippen molar-refractivity contribution in [2.75, 3.05) is 28.4 Å². The fourth-order valence-corrected chi connectivity index (χ4v) is 9.64. The minimum absolute atomic E-state index is 0.0874. The molecule has 0 amide bonds. The van der Waals surface area contributed by atoms with Crippen molar-refractivity contribution in [3.63, 3.8) is 0 Å². The predicted octanol–water partition coefficient (Wildman–Crippen LogP) is 4.97. The second-order valence-electron chi connectivity index (χ2n) is 11.6. The molecule has 8 atom stereocenters. The lowest BCUT2D eigenvalue weighted by Gasteiger charge is -2.48. The Balaban J connectivity index is 1.46. The molecule has 2 saturated heterocycles. The molecule has 0 aromatic heterocycles. The maximum Gasteiger partial charge on any atom is 0.339 e. The standard InChI is InChI=1S/C33H30O7/c1-36-28-18-11-7-8-12-19(18)29(37-2)24-21-15-20(23(24)28)26-27(21)33(31(35)39-4)25-17-10-6-5-9-16(17)13-14-22(25)32(26,40-33)30(34)38-3/h5-14,20-22,25-27H,15H2,1-4H3/t20-,21+,22-,25+,26-,27+,32-,33-/m1/s1. The smallest absolute Gasteiger partial charge is 0.339 e. The summed E-state index contributed by atoms with van der Waals surface area (Å²) in [5, 5.41) is 1.93. The molecule has 40 heavy (non-hydrogen) atoms. The molecule has 5 aliphatic rings. The number of rotatable bonds is 4. The van der Waals surface area contributed by atoms with Crippen LogP contribution in [0, 0.1) is 17.8 Å². The highest BCUT2D eigenvalue weighted by molar-refractivity contribution is 5.98. The summed E-state index contributed by atoms with van der Waals surface area (Å²) in [6.07, 6.45) is 4.86. The van der Waals surface area contributed by atoms with E-state index < -0.39 is 29.1 Å². The van der Waals surface area contributed by atoms with Crippen molar-refractivity contribution in [2.45, 2.75) is 35.4 Å². The third-order valence-electron chi connectivity index (χ3n) is 10.6. The van der Waals surface area contributed by atoms with Gasteiger partial charge in [-0.05, 0) is 29.4 Å². The van der Waals surface area contributed by atoms with Gasteiger partial charge >= 0.3 is 11.9 Å². The van der Waals surface area contributed by atoms with Crippen LogP contribution < -0.4 is 9.47 Å². The van der Waals surface area contributed by atoms with Crippen LogP contribution >= 0.6 is 0 Å². The van der Waals surface area contributed by atoms with Crippen LogP contribution in [0.25, 0.3) is 16.8 Å². The van der Waals surface area contributed by atoms with Gasteiger partial charge in [-0.1, -0.05) is 60.7 Å². The van der Waals surface area contributed by atoms with Gasteiger partial charge in [-0.2, -0.15) is 0 Å². The fraction of sp³-hybridized carbons (Fsp3) is 0.394. The van der Waals surface area contributed by atoms with Crippen molar-refractivity contribution in [3.05, 3.63) is 76.9 Å². The quantitative estimate of drug-likeness (QED) is 0.434. The second kappa shape index (κ2) is 7.88. The van der Waals surface area contributed by atoms with Gasteiger partial charge in [-0.25, -0.2) is 9.59 Å². The molecule has 0 spiro atoms. The highest BCUT2D eigenvalue weighted by Gasteiger charge is 2.86. The summed E-state index contributed by atoms with van der Waals surface area (Å²) in [6.45, 7) is 0. The number of fused-ring (bicyclic) bond motifs is 18. The molecule has 3 fully saturated rings. The zero-order valence-electron chi connectivity index (χ0n) is 22.8. The maximum atomic E-state index is 14.2. The summed E-state index contributed by atoms with van der Waals surface area (Å²) in [5.41, 5.74) is 1.42. The first-order valence-corrected chi connectivity index (χ1v) is 13.8. The van der Waals surface area contributed by atoms with Crippen molar-refractivity contribution in [1.82, 2.24) is 0 Å². The topological polar surface area (TPSA) is 80.3 Å². The Bertz CT molecular complexity index is 1660. The van der Waals surface area contributed by atoms with Gasteiger partial charge < -0.3 is 23.7 Å². The first-order valence-electron chi connectivity index (χ1n) is 13.8. The number of ether oxygens (including phenoxy) is 5. The zero-order valence-corrected chi connectivity index (χ0v) is 22.8. The van der Waals surface area contributed by atoms with E-state index in [1.807, 2.05) is 54.6 Å². The summed E-state index contributed by atoms with van der Waals surface area (Å²) in [7, 11) is 6.20. The molecule has 3 aliphatic carbocycles. The van der Waals surface area contributed by atoms with Crippen LogP contribution in [0.15, 0.2) is 54.6 Å². The molecule has 0 unspecified atom stereocenters. The van der Waals surface area contributed by atoms with Crippen LogP contribution in [0.3, 0.4) is 0 Å². The summed E-state index contributed by atoms with van der Waals surface area (Å²) < 4.78 is 30.3. The Morgan fingerprint density at radius 1 is 0.775 bits per heavy atom. The molecule has 0 radical (unpaired) electrons. The van der Waals surface area contributed by atoms with Gasteiger partial charge in [-0.15, -0.1) is 0 Å². The van der Waals surface area contributed by atoms with E-state index in [1.54, 1.807) is 14.2 Å². The lowest BCUT2D eigenvalue weighted by atomic mass is 9.50. The molecular weight excluding hydrogens is 508 g/mol. The van der Waals surface area contributed by atoms with Crippen molar-refractivity contribution in [2.24, 2.45) is 17.8 Å². The van der Waals surface area contributed by atoms with E-state index in [0.717, 1.165) is 50.9 Å². The van der Waals surface area contributed by atoms with Crippen LogP contribution in [0.4, 0.5) is 0 Å². The molecule has 0 N–H and O–H groups in total. The second-order valence-corrected chi connectivity index (χ2v) is 11.6. The van der Waals surface area contributed by atoms with Crippen LogP contribution in [0.1, 0.15) is 46.4 Å².